The van der Waals surface area contributed by atoms with Gasteiger partial charge in [-0.25, -0.2) is 8.42 Å². The molecule has 0 aromatic heterocycles. The number of benzene rings is 2. The summed E-state index contributed by atoms with van der Waals surface area (Å²) >= 11 is 0. The summed E-state index contributed by atoms with van der Waals surface area (Å²) in [5, 5.41) is 0. The number of ether oxygens (including phenoxy) is 2. The lowest BCUT2D eigenvalue weighted by Crippen LogP contribution is -2.32. The normalized spacial score (nSPS) is 12.2. The van der Waals surface area contributed by atoms with Crippen molar-refractivity contribution in [3.63, 3.8) is 0 Å². The van der Waals surface area contributed by atoms with Crippen LogP contribution in [0, 0.1) is 0 Å². The minimum atomic E-state index is -4.76. The van der Waals surface area contributed by atoms with Gasteiger partial charge in [-0.2, -0.15) is 17.5 Å². The average molecular weight is 389 g/mol. The molecule has 0 bridgehead atoms. The van der Waals surface area contributed by atoms with Crippen LogP contribution in [0.4, 0.5) is 13.2 Å². The van der Waals surface area contributed by atoms with Gasteiger partial charge in [-0.05, 0) is 36.4 Å². The van der Waals surface area contributed by atoms with Crippen molar-refractivity contribution in [2.24, 2.45) is 0 Å². The van der Waals surface area contributed by atoms with Gasteiger partial charge in [0.15, 0.2) is 0 Å². The second-order valence-corrected chi connectivity index (χ2v) is 7.36. The molecule has 2 rings (SSSR count). The van der Waals surface area contributed by atoms with Crippen LogP contribution in [0.15, 0.2) is 53.4 Å². The highest BCUT2D eigenvalue weighted by Gasteiger charge is 2.38. The van der Waals surface area contributed by atoms with Crippen molar-refractivity contribution < 1.29 is 31.1 Å². The Kier molecular flexibility index (Phi) is 6.14. The van der Waals surface area contributed by atoms with Crippen LogP contribution in [0.1, 0.15) is 5.56 Å². The molecule has 142 valence electrons. The second kappa shape index (κ2) is 7.96. The van der Waals surface area contributed by atoms with Crippen LogP contribution in [0.3, 0.4) is 0 Å². The summed E-state index contributed by atoms with van der Waals surface area (Å²) in [6.45, 7) is -0.128. The lowest BCUT2D eigenvalue weighted by molar-refractivity contribution is -0.139. The molecule has 5 nitrogen and oxygen atoms in total. The maximum Gasteiger partial charge on any atom is 0.417 e. The Morgan fingerprint density at radius 3 is 2.15 bits per heavy atom. The number of hydrogen-bond donors (Lipinski definition) is 0. The quantitative estimate of drug-likeness (QED) is 0.728. The zero-order valence-corrected chi connectivity index (χ0v) is 15.0. The van der Waals surface area contributed by atoms with E-state index in [0.29, 0.717) is 11.5 Å². The lowest BCUT2D eigenvalue weighted by Gasteiger charge is -2.20. The number of nitrogens with zero attached hydrogens (tertiary/aromatic N) is 1. The molecule has 9 heteroatoms. The van der Waals surface area contributed by atoms with E-state index in [1.807, 2.05) is 0 Å². The van der Waals surface area contributed by atoms with Crippen molar-refractivity contribution in [2.45, 2.75) is 11.1 Å². The summed E-state index contributed by atoms with van der Waals surface area (Å²) in [6.07, 6.45) is -4.76. The van der Waals surface area contributed by atoms with Crippen molar-refractivity contribution in [3.05, 3.63) is 54.1 Å². The van der Waals surface area contributed by atoms with Crippen molar-refractivity contribution in [1.82, 2.24) is 4.31 Å². The van der Waals surface area contributed by atoms with Crippen LogP contribution >= 0.6 is 0 Å². The molecule has 2 aromatic rings. The Labute approximate surface area is 150 Å². The standard InChI is InChI=1S/C17H18F3NO4S/c1-21(11-12-25-14-9-7-13(24-2)8-10-14)26(22,23)16-6-4-3-5-15(16)17(18,19)20/h3-10H,11-12H2,1-2H3. The molecule has 0 aliphatic rings. The van der Waals surface area contributed by atoms with Crippen molar-refractivity contribution in [2.75, 3.05) is 27.3 Å². The van der Waals surface area contributed by atoms with Gasteiger partial charge in [0.05, 0.1) is 17.6 Å². The Morgan fingerprint density at radius 2 is 1.58 bits per heavy atom. The first-order chi connectivity index (χ1) is 12.2. The van der Waals surface area contributed by atoms with Gasteiger partial charge in [-0.3, -0.25) is 0 Å². The first-order valence-corrected chi connectivity index (χ1v) is 8.99. The summed E-state index contributed by atoms with van der Waals surface area (Å²) in [5.41, 5.74) is -1.19. The van der Waals surface area contributed by atoms with Crippen LogP contribution in [0.2, 0.25) is 0 Å². The molecule has 0 radical (unpaired) electrons. The van der Waals surface area contributed by atoms with Gasteiger partial charge in [0, 0.05) is 13.6 Å². The maximum absolute atomic E-state index is 13.1. The molecule has 0 fully saturated rings. The van der Waals surface area contributed by atoms with E-state index in [1.54, 1.807) is 24.3 Å². The van der Waals surface area contributed by atoms with E-state index < -0.39 is 26.7 Å². The molecular formula is C17H18F3NO4S. The van der Waals surface area contributed by atoms with Gasteiger partial charge in [0.1, 0.15) is 18.1 Å². The molecule has 0 atom stereocenters. The number of alkyl halides is 3. The van der Waals surface area contributed by atoms with Crippen LogP contribution < -0.4 is 9.47 Å². The highest BCUT2D eigenvalue weighted by atomic mass is 32.2. The molecule has 0 heterocycles. The van der Waals surface area contributed by atoms with E-state index in [1.165, 1.54) is 20.2 Å². The van der Waals surface area contributed by atoms with E-state index in [2.05, 4.69) is 0 Å². The monoisotopic (exact) mass is 389 g/mol. The second-order valence-electron chi connectivity index (χ2n) is 5.34. The van der Waals surface area contributed by atoms with Crippen LogP contribution in [-0.4, -0.2) is 40.0 Å². The molecule has 0 aliphatic carbocycles. The van der Waals surface area contributed by atoms with E-state index in [-0.39, 0.29) is 13.2 Å². The molecule has 0 amide bonds. The van der Waals surface area contributed by atoms with E-state index in [0.717, 1.165) is 22.5 Å². The molecule has 0 unspecified atom stereocenters. The minimum absolute atomic E-state index is 0.0176. The van der Waals surface area contributed by atoms with Crippen molar-refractivity contribution >= 4 is 10.0 Å². The fourth-order valence-corrected chi connectivity index (χ4v) is 3.54. The summed E-state index contributed by atoms with van der Waals surface area (Å²) in [4.78, 5) is -0.778. The van der Waals surface area contributed by atoms with Crippen molar-refractivity contribution in [3.8, 4) is 11.5 Å². The Morgan fingerprint density at radius 1 is 1.00 bits per heavy atom. The predicted molar refractivity (Wildman–Crippen MR) is 89.7 cm³/mol. The number of halogens is 3. The molecule has 0 saturated carbocycles. The molecule has 0 spiro atoms. The Bertz CT molecular complexity index is 836. The van der Waals surface area contributed by atoms with Gasteiger partial charge >= 0.3 is 6.18 Å². The molecule has 2 aromatic carbocycles. The van der Waals surface area contributed by atoms with Gasteiger partial charge in [0.25, 0.3) is 0 Å². The zero-order chi connectivity index (χ0) is 19.4. The molecule has 0 aliphatic heterocycles. The zero-order valence-electron chi connectivity index (χ0n) is 14.2. The minimum Gasteiger partial charge on any atom is -0.497 e. The fourth-order valence-electron chi connectivity index (χ4n) is 2.18. The van der Waals surface area contributed by atoms with Gasteiger partial charge in [-0.1, -0.05) is 12.1 Å². The summed E-state index contributed by atoms with van der Waals surface area (Å²) in [7, 11) is -1.57. The highest BCUT2D eigenvalue weighted by Crippen LogP contribution is 2.34. The topological polar surface area (TPSA) is 55.8 Å². The first-order valence-electron chi connectivity index (χ1n) is 7.55. The molecular weight excluding hydrogens is 371 g/mol. The smallest absolute Gasteiger partial charge is 0.417 e. The number of sulfonamides is 1. The highest BCUT2D eigenvalue weighted by molar-refractivity contribution is 7.89. The molecule has 0 N–H and O–H groups in total. The number of likely N-dealkylation sites (N-methyl/N-ethyl adjacent to an activating group) is 1. The fraction of sp³-hybridized carbons (Fsp3) is 0.294. The van der Waals surface area contributed by atoms with E-state index in [4.69, 9.17) is 9.47 Å². The van der Waals surface area contributed by atoms with Crippen molar-refractivity contribution in [1.29, 1.82) is 0 Å². The van der Waals surface area contributed by atoms with Crippen LogP contribution in [0.25, 0.3) is 0 Å². The Balaban J connectivity index is 2.07. The number of hydrogen-bond acceptors (Lipinski definition) is 4. The maximum atomic E-state index is 13.1. The van der Waals surface area contributed by atoms with E-state index >= 15 is 0 Å². The first kappa shape index (κ1) is 20.1. The average Bonchev–Trinajstić information content (AvgIpc) is 2.61. The third-order valence-corrected chi connectivity index (χ3v) is 5.53. The lowest BCUT2D eigenvalue weighted by atomic mass is 10.2. The van der Waals surface area contributed by atoms with E-state index in [9.17, 15) is 21.6 Å². The summed E-state index contributed by atoms with van der Waals surface area (Å²) < 4.78 is 75.4. The van der Waals surface area contributed by atoms with Crippen LogP contribution in [0.5, 0.6) is 11.5 Å². The summed E-state index contributed by atoms with van der Waals surface area (Å²) in [6, 6.07) is 10.7. The van der Waals surface area contributed by atoms with Gasteiger partial charge in [-0.15, -0.1) is 0 Å². The molecule has 26 heavy (non-hydrogen) atoms. The van der Waals surface area contributed by atoms with Crippen LogP contribution in [-0.2, 0) is 16.2 Å². The number of rotatable bonds is 7. The van der Waals surface area contributed by atoms with Gasteiger partial charge in [0.2, 0.25) is 10.0 Å². The SMILES string of the molecule is COc1ccc(OCCN(C)S(=O)(=O)c2ccccc2C(F)(F)F)cc1. The predicted octanol–water partition coefficient (Wildman–Crippen LogP) is 3.41. The Hall–Kier alpha value is -2.26. The number of methoxy groups -OCH3 is 1. The third-order valence-electron chi connectivity index (χ3n) is 3.62. The van der Waals surface area contributed by atoms with Gasteiger partial charge < -0.3 is 9.47 Å². The largest absolute Gasteiger partial charge is 0.497 e. The third kappa shape index (κ3) is 4.67. The summed E-state index contributed by atoms with van der Waals surface area (Å²) in [5.74, 6) is 1.13. The molecule has 0 saturated heterocycles.